The topological polar surface area (TPSA) is 55.8 Å². The van der Waals surface area contributed by atoms with Crippen molar-refractivity contribution in [3.63, 3.8) is 0 Å². The van der Waals surface area contributed by atoms with Crippen molar-refractivity contribution in [1.82, 2.24) is 4.90 Å². The molecule has 122 valence electrons. The van der Waals surface area contributed by atoms with Gasteiger partial charge in [0.1, 0.15) is 0 Å². The van der Waals surface area contributed by atoms with E-state index in [4.69, 9.17) is 9.47 Å². The molecule has 1 saturated heterocycles. The van der Waals surface area contributed by atoms with Gasteiger partial charge in [-0.1, -0.05) is 12.1 Å². The van der Waals surface area contributed by atoms with E-state index in [1.807, 2.05) is 19.9 Å². The monoisotopic (exact) mass is 333 g/mol. The molecule has 0 aromatic heterocycles. The van der Waals surface area contributed by atoms with Crippen LogP contribution in [0.4, 0.5) is 4.79 Å². The molecule has 1 fully saturated rings. The van der Waals surface area contributed by atoms with Gasteiger partial charge in [0.2, 0.25) is 0 Å². The molecule has 0 bridgehead atoms. The highest BCUT2D eigenvalue weighted by molar-refractivity contribution is 8.18. The molecule has 1 aromatic rings. The number of ether oxygens (including phenoxy) is 2. The first kappa shape index (κ1) is 17.1. The Balaban J connectivity index is 2.28. The van der Waals surface area contributed by atoms with Gasteiger partial charge in [-0.15, -0.1) is 6.58 Å². The Labute approximate surface area is 139 Å². The Morgan fingerprint density at radius 3 is 2.52 bits per heavy atom. The van der Waals surface area contributed by atoms with Crippen molar-refractivity contribution in [2.75, 3.05) is 19.8 Å². The fourth-order valence-corrected chi connectivity index (χ4v) is 2.94. The summed E-state index contributed by atoms with van der Waals surface area (Å²) in [5.41, 5.74) is 0.779. The molecule has 0 N–H and O–H groups in total. The van der Waals surface area contributed by atoms with Crippen molar-refractivity contribution >= 4 is 29.0 Å². The molecule has 23 heavy (non-hydrogen) atoms. The lowest BCUT2D eigenvalue weighted by Gasteiger charge is -2.11. The van der Waals surface area contributed by atoms with E-state index in [0.29, 0.717) is 29.6 Å². The second kappa shape index (κ2) is 7.87. The highest BCUT2D eigenvalue weighted by Gasteiger charge is 2.34. The summed E-state index contributed by atoms with van der Waals surface area (Å²) in [6, 6.07) is 5.43. The first-order valence-corrected chi connectivity index (χ1v) is 8.18. The third-order valence-corrected chi connectivity index (χ3v) is 3.96. The number of thioether (sulfide) groups is 1. The van der Waals surface area contributed by atoms with Gasteiger partial charge in [-0.05, 0) is 49.4 Å². The minimum atomic E-state index is -0.299. The van der Waals surface area contributed by atoms with Crippen LogP contribution in [-0.2, 0) is 4.79 Å². The number of rotatable bonds is 7. The van der Waals surface area contributed by atoms with Gasteiger partial charge in [0.15, 0.2) is 11.5 Å². The number of amides is 2. The van der Waals surface area contributed by atoms with Gasteiger partial charge in [0, 0.05) is 6.54 Å². The third-order valence-electron chi connectivity index (χ3n) is 3.05. The van der Waals surface area contributed by atoms with Crippen LogP contribution in [0.5, 0.6) is 11.5 Å². The Morgan fingerprint density at radius 1 is 1.17 bits per heavy atom. The number of imide groups is 1. The van der Waals surface area contributed by atoms with Crippen LogP contribution in [0, 0.1) is 0 Å². The average molecular weight is 333 g/mol. The lowest BCUT2D eigenvalue weighted by molar-refractivity contribution is -0.122. The normalized spacial score (nSPS) is 16.1. The minimum absolute atomic E-state index is 0.218. The predicted octanol–water partition coefficient (Wildman–Crippen LogP) is 3.71. The van der Waals surface area contributed by atoms with Gasteiger partial charge < -0.3 is 9.47 Å². The molecular formula is C17H19NO4S. The lowest BCUT2D eigenvalue weighted by Crippen LogP contribution is -2.27. The lowest BCUT2D eigenvalue weighted by atomic mass is 10.2. The molecule has 1 aliphatic rings. The Kier molecular flexibility index (Phi) is 5.87. The Hall–Kier alpha value is -2.21. The van der Waals surface area contributed by atoms with E-state index in [-0.39, 0.29) is 17.7 Å². The predicted molar refractivity (Wildman–Crippen MR) is 91.7 cm³/mol. The minimum Gasteiger partial charge on any atom is -0.490 e. The molecule has 2 rings (SSSR count). The van der Waals surface area contributed by atoms with Gasteiger partial charge >= 0.3 is 0 Å². The molecule has 1 aliphatic heterocycles. The zero-order valence-corrected chi connectivity index (χ0v) is 14.0. The molecule has 1 heterocycles. The highest BCUT2D eigenvalue weighted by atomic mass is 32.2. The van der Waals surface area contributed by atoms with Crippen LogP contribution >= 0.6 is 11.8 Å². The summed E-state index contributed by atoms with van der Waals surface area (Å²) < 4.78 is 11.1. The first-order chi connectivity index (χ1) is 11.1. The third kappa shape index (κ3) is 3.96. The van der Waals surface area contributed by atoms with E-state index in [0.717, 1.165) is 17.3 Å². The molecule has 0 atom stereocenters. The van der Waals surface area contributed by atoms with Crippen LogP contribution in [0.3, 0.4) is 0 Å². The first-order valence-electron chi connectivity index (χ1n) is 7.36. The number of hydrogen-bond acceptors (Lipinski definition) is 5. The van der Waals surface area contributed by atoms with Gasteiger partial charge in [-0.3, -0.25) is 14.5 Å². The summed E-state index contributed by atoms with van der Waals surface area (Å²) in [6.07, 6.45) is 3.22. The molecule has 6 heteroatoms. The van der Waals surface area contributed by atoms with E-state index in [9.17, 15) is 9.59 Å². The average Bonchev–Trinajstić information content (AvgIpc) is 2.78. The van der Waals surface area contributed by atoms with Crippen molar-refractivity contribution in [2.24, 2.45) is 0 Å². The Bertz CT molecular complexity index is 654. The van der Waals surface area contributed by atoms with E-state index in [1.165, 1.54) is 11.0 Å². The second-order valence-electron chi connectivity index (χ2n) is 4.65. The summed E-state index contributed by atoms with van der Waals surface area (Å²) in [7, 11) is 0. The van der Waals surface area contributed by atoms with Crippen LogP contribution in [0.2, 0.25) is 0 Å². The van der Waals surface area contributed by atoms with Crippen LogP contribution < -0.4 is 9.47 Å². The maximum absolute atomic E-state index is 12.2. The van der Waals surface area contributed by atoms with Crippen LogP contribution in [0.25, 0.3) is 6.08 Å². The molecular weight excluding hydrogens is 314 g/mol. The van der Waals surface area contributed by atoms with Gasteiger partial charge in [-0.2, -0.15) is 0 Å². The summed E-state index contributed by atoms with van der Waals surface area (Å²) in [4.78, 5) is 25.6. The zero-order chi connectivity index (χ0) is 16.8. The van der Waals surface area contributed by atoms with Crippen LogP contribution in [0.15, 0.2) is 35.8 Å². The van der Waals surface area contributed by atoms with Gasteiger partial charge in [0.05, 0.1) is 18.1 Å². The van der Waals surface area contributed by atoms with Crippen molar-refractivity contribution in [3.8, 4) is 11.5 Å². The fraction of sp³-hybridized carbons (Fsp3) is 0.294. The van der Waals surface area contributed by atoms with E-state index in [1.54, 1.807) is 18.2 Å². The molecule has 0 unspecified atom stereocenters. The number of hydrogen-bond donors (Lipinski definition) is 0. The standard InChI is InChI=1S/C17H19NO4S/c1-4-9-18-16(19)15(23-17(18)20)11-12-7-8-13(21-5-2)14(10-12)22-6-3/h4,7-8,10-11H,1,5-6,9H2,2-3H3/b15-11+. The number of nitrogens with zero attached hydrogens (tertiary/aromatic N) is 1. The fourth-order valence-electron chi connectivity index (χ4n) is 2.10. The largest absolute Gasteiger partial charge is 0.490 e. The molecule has 5 nitrogen and oxygen atoms in total. The second-order valence-corrected chi connectivity index (χ2v) is 5.65. The molecule has 0 saturated carbocycles. The molecule has 2 amide bonds. The van der Waals surface area contributed by atoms with Crippen molar-refractivity contribution < 1.29 is 19.1 Å². The molecule has 0 spiro atoms. The SMILES string of the molecule is C=CCN1C(=O)S/C(=C/c2ccc(OCC)c(OCC)c2)C1=O. The number of carbonyl (C=O) groups is 2. The number of benzene rings is 1. The summed E-state index contributed by atoms with van der Waals surface area (Å²) in [5, 5.41) is -0.280. The van der Waals surface area contributed by atoms with Gasteiger partial charge in [-0.25, -0.2) is 0 Å². The van der Waals surface area contributed by atoms with E-state index in [2.05, 4.69) is 6.58 Å². The van der Waals surface area contributed by atoms with Gasteiger partial charge in [0.25, 0.3) is 11.1 Å². The molecule has 0 radical (unpaired) electrons. The maximum Gasteiger partial charge on any atom is 0.293 e. The quantitative estimate of drug-likeness (QED) is 0.562. The van der Waals surface area contributed by atoms with Crippen molar-refractivity contribution in [1.29, 1.82) is 0 Å². The van der Waals surface area contributed by atoms with Crippen LogP contribution in [-0.4, -0.2) is 35.8 Å². The van der Waals surface area contributed by atoms with E-state index >= 15 is 0 Å². The summed E-state index contributed by atoms with van der Waals surface area (Å²) in [6.45, 7) is 8.62. The molecule has 1 aromatic carbocycles. The van der Waals surface area contributed by atoms with Crippen molar-refractivity contribution in [2.45, 2.75) is 13.8 Å². The highest BCUT2D eigenvalue weighted by Crippen LogP contribution is 2.34. The smallest absolute Gasteiger partial charge is 0.293 e. The summed E-state index contributed by atoms with van der Waals surface area (Å²) >= 11 is 0.929. The Morgan fingerprint density at radius 2 is 1.87 bits per heavy atom. The summed E-state index contributed by atoms with van der Waals surface area (Å²) in [5.74, 6) is 0.978. The number of carbonyl (C=O) groups excluding carboxylic acids is 2. The zero-order valence-electron chi connectivity index (χ0n) is 13.2. The van der Waals surface area contributed by atoms with Crippen molar-refractivity contribution in [3.05, 3.63) is 41.3 Å². The van der Waals surface area contributed by atoms with E-state index < -0.39 is 0 Å². The molecule has 0 aliphatic carbocycles. The maximum atomic E-state index is 12.2. The van der Waals surface area contributed by atoms with Crippen LogP contribution in [0.1, 0.15) is 19.4 Å².